The molecule has 2 aromatic rings. The molecule has 1 aromatic carbocycles. The fourth-order valence-corrected chi connectivity index (χ4v) is 5.21. The highest BCUT2D eigenvalue weighted by atomic mass is 16.5. The summed E-state index contributed by atoms with van der Waals surface area (Å²) in [5, 5.41) is 4.50. The van der Waals surface area contributed by atoms with Gasteiger partial charge in [0.1, 0.15) is 12.3 Å². The van der Waals surface area contributed by atoms with E-state index >= 15 is 0 Å². The molecule has 1 saturated carbocycles. The molecule has 1 aliphatic carbocycles. The van der Waals surface area contributed by atoms with Crippen LogP contribution in [0.15, 0.2) is 30.3 Å². The lowest BCUT2D eigenvalue weighted by Crippen LogP contribution is -2.49. The highest BCUT2D eigenvalue weighted by Gasteiger charge is 2.32. The SMILES string of the molecule is Cn1nc(C(=O)N2CCCOc3cccc(c3)CCC3CCCCN3C(=O)C2)cc1C1CC1. The third-order valence-electron chi connectivity index (χ3n) is 7.20. The molecule has 0 spiro atoms. The Morgan fingerprint density at radius 2 is 1.94 bits per heavy atom. The van der Waals surface area contributed by atoms with Crippen LogP contribution in [0.25, 0.3) is 0 Å². The molecule has 0 N–H and O–H groups in total. The summed E-state index contributed by atoms with van der Waals surface area (Å²) < 4.78 is 7.80. The van der Waals surface area contributed by atoms with Gasteiger partial charge in [-0.1, -0.05) is 12.1 Å². The molecule has 33 heavy (non-hydrogen) atoms. The Morgan fingerprint density at radius 1 is 1.06 bits per heavy atom. The molecule has 1 unspecified atom stereocenters. The van der Waals surface area contributed by atoms with Crippen molar-refractivity contribution in [2.24, 2.45) is 7.05 Å². The first-order chi connectivity index (χ1) is 16.1. The summed E-state index contributed by atoms with van der Waals surface area (Å²) >= 11 is 0. The van der Waals surface area contributed by atoms with Crippen molar-refractivity contribution in [2.75, 3.05) is 26.2 Å². The standard InChI is InChI=1S/C26H34N4O3/c1-28-24(20-10-11-20)17-23(27-28)26(32)29-13-5-15-33-22-8-4-6-19(16-22)9-12-21-7-2-3-14-30(21)25(31)18-29/h4,6,8,16-17,20-21H,2-3,5,7,9-15,18H2,1H3. The molecule has 176 valence electrons. The Balaban J connectivity index is 1.37. The van der Waals surface area contributed by atoms with Crippen LogP contribution in [0, 0.1) is 0 Å². The molecule has 2 amide bonds. The Labute approximate surface area is 195 Å². The van der Waals surface area contributed by atoms with Gasteiger partial charge in [0.15, 0.2) is 5.69 Å². The summed E-state index contributed by atoms with van der Waals surface area (Å²) in [5.74, 6) is 1.28. The van der Waals surface area contributed by atoms with Gasteiger partial charge in [0.2, 0.25) is 5.91 Å². The highest BCUT2D eigenvalue weighted by Crippen LogP contribution is 2.40. The van der Waals surface area contributed by atoms with E-state index < -0.39 is 0 Å². The average molecular weight is 451 g/mol. The molecule has 2 aliphatic heterocycles. The van der Waals surface area contributed by atoms with E-state index in [4.69, 9.17) is 4.74 Å². The zero-order valence-electron chi connectivity index (χ0n) is 19.5. The number of hydrogen-bond acceptors (Lipinski definition) is 4. The van der Waals surface area contributed by atoms with Crippen molar-refractivity contribution >= 4 is 11.8 Å². The van der Waals surface area contributed by atoms with Gasteiger partial charge in [-0.15, -0.1) is 0 Å². The van der Waals surface area contributed by atoms with Gasteiger partial charge in [-0.2, -0.15) is 5.10 Å². The van der Waals surface area contributed by atoms with Crippen LogP contribution in [0.4, 0.5) is 0 Å². The zero-order valence-corrected chi connectivity index (χ0v) is 19.5. The second-order valence-corrected chi connectivity index (χ2v) is 9.70. The van der Waals surface area contributed by atoms with Gasteiger partial charge in [-0.05, 0) is 75.1 Å². The minimum Gasteiger partial charge on any atom is -0.494 e. The van der Waals surface area contributed by atoms with Crippen molar-refractivity contribution < 1.29 is 14.3 Å². The minimum absolute atomic E-state index is 0.0538. The normalized spacial score (nSPS) is 22.3. The number of carbonyl (C=O) groups excluding carboxylic acids is 2. The van der Waals surface area contributed by atoms with E-state index in [2.05, 4.69) is 17.2 Å². The van der Waals surface area contributed by atoms with Crippen molar-refractivity contribution in [1.29, 1.82) is 0 Å². The number of ether oxygens (including phenoxy) is 1. The van der Waals surface area contributed by atoms with Gasteiger partial charge in [-0.25, -0.2) is 0 Å². The molecule has 0 radical (unpaired) electrons. The van der Waals surface area contributed by atoms with Crippen LogP contribution < -0.4 is 4.74 Å². The maximum atomic E-state index is 13.4. The number of nitrogens with zero attached hydrogens (tertiary/aromatic N) is 4. The first-order valence-electron chi connectivity index (χ1n) is 12.4. The number of piperidine rings is 1. The fraction of sp³-hybridized carbons (Fsp3) is 0.577. The second kappa shape index (κ2) is 9.57. The van der Waals surface area contributed by atoms with Gasteiger partial charge >= 0.3 is 0 Å². The lowest BCUT2D eigenvalue weighted by Gasteiger charge is -2.37. The van der Waals surface area contributed by atoms with E-state index in [-0.39, 0.29) is 24.4 Å². The molecule has 7 nitrogen and oxygen atoms in total. The van der Waals surface area contributed by atoms with Crippen LogP contribution in [0.3, 0.4) is 0 Å². The monoisotopic (exact) mass is 450 g/mol. The minimum atomic E-state index is -0.159. The number of hydrogen-bond donors (Lipinski definition) is 0. The summed E-state index contributed by atoms with van der Waals surface area (Å²) in [6.07, 6.45) is 8.05. The molecule has 5 rings (SSSR count). The number of aromatic nitrogens is 2. The van der Waals surface area contributed by atoms with Gasteiger partial charge in [-0.3, -0.25) is 14.3 Å². The first-order valence-corrected chi connectivity index (χ1v) is 12.4. The molecule has 2 fully saturated rings. The van der Waals surface area contributed by atoms with E-state index in [0.717, 1.165) is 62.9 Å². The molecule has 2 bridgehead atoms. The maximum absolute atomic E-state index is 13.4. The van der Waals surface area contributed by atoms with E-state index in [0.29, 0.717) is 31.2 Å². The molecule has 3 heterocycles. The average Bonchev–Trinajstić information content (AvgIpc) is 3.60. The summed E-state index contributed by atoms with van der Waals surface area (Å²) in [6.45, 7) is 1.86. The molecular formula is C26H34N4O3. The number of rotatable bonds is 2. The highest BCUT2D eigenvalue weighted by molar-refractivity contribution is 5.95. The third-order valence-corrected chi connectivity index (χ3v) is 7.20. The van der Waals surface area contributed by atoms with Crippen LogP contribution in [-0.4, -0.2) is 63.7 Å². The molecule has 3 aliphatic rings. The topological polar surface area (TPSA) is 67.7 Å². The van der Waals surface area contributed by atoms with E-state index in [1.807, 2.05) is 34.8 Å². The molecule has 1 aromatic heterocycles. The number of benzene rings is 1. The van der Waals surface area contributed by atoms with Crippen LogP contribution in [0.5, 0.6) is 5.75 Å². The number of carbonyl (C=O) groups is 2. The lowest BCUT2D eigenvalue weighted by molar-refractivity contribution is -0.135. The van der Waals surface area contributed by atoms with Gasteiger partial charge in [0, 0.05) is 37.8 Å². The summed E-state index contributed by atoms with van der Waals surface area (Å²) in [4.78, 5) is 30.6. The number of aryl methyl sites for hydroxylation is 2. The van der Waals surface area contributed by atoms with Crippen molar-refractivity contribution in [3.8, 4) is 5.75 Å². The summed E-state index contributed by atoms with van der Waals surface area (Å²) in [5.41, 5.74) is 2.81. The lowest BCUT2D eigenvalue weighted by atomic mass is 9.95. The van der Waals surface area contributed by atoms with Gasteiger partial charge in [0.25, 0.3) is 5.91 Å². The van der Waals surface area contributed by atoms with Gasteiger partial charge < -0.3 is 14.5 Å². The van der Waals surface area contributed by atoms with Crippen LogP contribution in [0.2, 0.25) is 0 Å². The van der Waals surface area contributed by atoms with Crippen molar-refractivity contribution in [2.45, 2.75) is 63.3 Å². The van der Waals surface area contributed by atoms with Crippen LogP contribution in [-0.2, 0) is 18.3 Å². The molecule has 1 atom stereocenters. The predicted molar refractivity (Wildman–Crippen MR) is 125 cm³/mol. The van der Waals surface area contributed by atoms with Crippen molar-refractivity contribution in [3.05, 3.63) is 47.3 Å². The molecule has 7 heteroatoms. The smallest absolute Gasteiger partial charge is 0.274 e. The van der Waals surface area contributed by atoms with E-state index in [9.17, 15) is 9.59 Å². The van der Waals surface area contributed by atoms with E-state index in [1.54, 1.807) is 4.90 Å². The van der Waals surface area contributed by atoms with Gasteiger partial charge in [0.05, 0.1) is 6.61 Å². The number of amides is 2. The first kappa shape index (κ1) is 22.0. The molecular weight excluding hydrogens is 416 g/mol. The molecule has 1 saturated heterocycles. The Hall–Kier alpha value is -2.83. The van der Waals surface area contributed by atoms with Crippen LogP contribution >= 0.6 is 0 Å². The Morgan fingerprint density at radius 3 is 2.79 bits per heavy atom. The third kappa shape index (κ3) is 5.07. The maximum Gasteiger partial charge on any atom is 0.274 e. The summed E-state index contributed by atoms with van der Waals surface area (Å²) in [6, 6.07) is 10.4. The van der Waals surface area contributed by atoms with Crippen molar-refractivity contribution in [3.63, 3.8) is 0 Å². The second-order valence-electron chi connectivity index (χ2n) is 9.70. The fourth-order valence-electron chi connectivity index (χ4n) is 5.21. The number of fused-ring (bicyclic) bond motifs is 3. The zero-order chi connectivity index (χ0) is 22.8. The quantitative estimate of drug-likeness (QED) is 0.702. The van der Waals surface area contributed by atoms with E-state index in [1.165, 1.54) is 5.56 Å². The van der Waals surface area contributed by atoms with Crippen LogP contribution in [0.1, 0.15) is 72.6 Å². The largest absolute Gasteiger partial charge is 0.494 e. The predicted octanol–water partition coefficient (Wildman–Crippen LogP) is 3.54. The Bertz CT molecular complexity index is 1010. The Kier molecular flexibility index (Phi) is 6.38. The summed E-state index contributed by atoms with van der Waals surface area (Å²) in [7, 11) is 1.90. The van der Waals surface area contributed by atoms with Crippen molar-refractivity contribution in [1.82, 2.24) is 19.6 Å².